The molecule has 0 aromatic heterocycles. The number of rotatable bonds is 5. The van der Waals surface area contributed by atoms with Crippen LogP contribution >= 0.6 is 0 Å². The number of nitrogens with zero attached hydrogens (tertiary/aromatic N) is 1. The smallest absolute Gasteiger partial charge is 0.312 e. The van der Waals surface area contributed by atoms with Gasteiger partial charge in [-0.15, -0.1) is 0 Å². The zero-order valence-corrected chi connectivity index (χ0v) is 14.2. The summed E-state index contributed by atoms with van der Waals surface area (Å²) in [4.78, 5) is 25.8. The van der Waals surface area contributed by atoms with E-state index >= 15 is 0 Å². The van der Waals surface area contributed by atoms with Crippen LogP contribution in [0.4, 0.5) is 0 Å². The molecule has 0 radical (unpaired) electrons. The van der Waals surface area contributed by atoms with E-state index < -0.39 is 17.0 Å². The van der Waals surface area contributed by atoms with Gasteiger partial charge in [0.15, 0.2) is 0 Å². The molecular formula is C20H21NO4. The van der Waals surface area contributed by atoms with E-state index in [4.69, 9.17) is 4.74 Å². The first-order valence-electron chi connectivity index (χ1n) is 8.55. The maximum absolute atomic E-state index is 12.8. The number of hydrogen-bond donors (Lipinski definition) is 1. The van der Waals surface area contributed by atoms with Crippen molar-refractivity contribution in [2.24, 2.45) is 5.41 Å². The van der Waals surface area contributed by atoms with Crippen LogP contribution in [0.5, 0.6) is 0 Å². The Morgan fingerprint density at radius 2 is 1.88 bits per heavy atom. The van der Waals surface area contributed by atoms with Crippen molar-refractivity contribution in [2.45, 2.75) is 24.9 Å². The summed E-state index contributed by atoms with van der Waals surface area (Å²) in [6, 6.07) is 14.4. The van der Waals surface area contributed by atoms with Crippen LogP contribution in [-0.4, -0.2) is 47.7 Å². The standard InChI is InChI=1S/C20H21NO4/c1-21(17(22)20-11-19(12-20,13-25-20)18(23)24)10-9-15-7-4-6-14-5-2-3-8-16(14)15/h2-8H,9-13H2,1H3,(H,23,24). The van der Waals surface area contributed by atoms with Crippen LogP contribution in [0.15, 0.2) is 42.5 Å². The third-order valence-corrected chi connectivity index (χ3v) is 5.66. The molecule has 2 aromatic rings. The van der Waals surface area contributed by atoms with Gasteiger partial charge in [0.1, 0.15) is 5.60 Å². The van der Waals surface area contributed by atoms with E-state index in [9.17, 15) is 14.7 Å². The van der Waals surface area contributed by atoms with E-state index in [1.807, 2.05) is 18.2 Å². The van der Waals surface area contributed by atoms with Crippen molar-refractivity contribution in [3.63, 3.8) is 0 Å². The largest absolute Gasteiger partial charge is 0.481 e. The van der Waals surface area contributed by atoms with Crippen LogP contribution in [0.1, 0.15) is 18.4 Å². The number of carboxylic acids is 1. The molecule has 0 unspecified atom stereocenters. The Labute approximate surface area is 146 Å². The molecule has 130 valence electrons. The van der Waals surface area contributed by atoms with Gasteiger partial charge in [0.25, 0.3) is 5.91 Å². The Bertz CT molecular complexity index is 848. The Balaban J connectivity index is 1.44. The number of hydrogen-bond acceptors (Lipinski definition) is 3. The Morgan fingerprint density at radius 3 is 2.60 bits per heavy atom. The zero-order valence-electron chi connectivity index (χ0n) is 14.2. The molecule has 2 aromatic carbocycles. The second kappa shape index (κ2) is 5.56. The van der Waals surface area contributed by atoms with Gasteiger partial charge in [-0.3, -0.25) is 9.59 Å². The number of carbonyl (C=O) groups is 2. The third kappa shape index (κ3) is 2.42. The quantitative estimate of drug-likeness (QED) is 0.909. The highest BCUT2D eigenvalue weighted by molar-refractivity contribution is 5.92. The lowest BCUT2D eigenvalue weighted by Crippen LogP contribution is -2.57. The number of aliphatic carboxylic acids is 1. The van der Waals surface area contributed by atoms with E-state index in [0.29, 0.717) is 19.4 Å². The summed E-state index contributed by atoms with van der Waals surface area (Å²) < 4.78 is 5.61. The van der Waals surface area contributed by atoms with Crippen molar-refractivity contribution >= 4 is 22.6 Å². The van der Waals surface area contributed by atoms with E-state index in [1.54, 1.807) is 11.9 Å². The van der Waals surface area contributed by atoms with Gasteiger partial charge in [0, 0.05) is 26.4 Å². The minimum absolute atomic E-state index is 0.0953. The zero-order chi connectivity index (χ0) is 17.7. The van der Waals surface area contributed by atoms with Gasteiger partial charge in [-0.05, 0) is 22.8 Å². The molecule has 5 nitrogen and oxygen atoms in total. The second-order valence-electron chi connectivity index (χ2n) is 7.34. The molecule has 1 aliphatic carbocycles. The molecule has 0 atom stereocenters. The molecule has 2 heterocycles. The Morgan fingerprint density at radius 1 is 1.16 bits per heavy atom. The summed E-state index contributed by atoms with van der Waals surface area (Å²) >= 11 is 0. The van der Waals surface area contributed by atoms with E-state index in [2.05, 4.69) is 24.3 Å². The number of likely N-dealkylation sites (N-methyl/N-ethyl adjacent to an activating group) is 1. The van der Waals surface area contributed by atoms with Crippen molar-refractivity contribution in [2.75, 3.05) is 20.2 Å². The topological polar surface area (TPSA) is 66.8 Å². The van der Waals surface area contributed by atoms with E-state index in [0.717, 1.165) is 6.42 Å². The number of carboxylic acid groups (broad SMARTS) is 1. The van der Waals surface area contributed by atoms with Gasteiger partial charge in [0.05, 0.1) is 12.0 Å². The average molecular weight is 339 g/mol. The minimum Gasteiger partial charge on any atom is -0.481 e. The highest BCUT2D eigenvalue weighted by Gasteiger charge is 2.70. The fraction of sp³-hybridized carbons (Fsp3) is 0.400. The summed E-state index contributed by atoms with van der Waals surface area (Å²) in [7, 11) is 1.77. The van der Waals surface area contributed by atoms with Gasteiger partial charge in [-0.2, -0.15) is 0 Å². The van der Waals surface area contributed by atoms with Gasteiger partial charge in [-0.25, -0.2) is 0 Å². The van der Waals surface area contributed by atoms with Crippen molar-refractivity contribution < 1.29 is 19.4 Å². The highest BCUT2D eigenvalue weighted by Crippen LogP contribution is 2.58. The van der Waals surface area contributed by atoms with Crippen LogP contribution in [-0.2, 0) is 20.7 Å². The van der Waals surface area contributed by atoms with E-state index in [1.165, 1.54) is 16.3 Å². The van der Waals surface area contributed by atoms with Crippen LogP contribution < -0.4 is 0 Å². The maximum atomic E-state index is 12.8. The van der Waals surface area contributed by atoms with Gasteiger partial charge >= 0.3 is 5.97 Å². The average Bonchev–Trinajstić information content (AvgIpc) is 3.17. The normalized spacial score (nSPS) is 27.1. The molecule has 2 bridgehead atoms. The maximum Gasteiger partial charge on any atom is 0.312 e. The van der Waals surface area contributed by atoms with Gasteiger partial charge in [0.2, 0.25) is 0 Å². The number of ether oxygens (including phenoxy) is 1. The predicted octanol–water partition coefficient (Wildman–Crippen LogP) is 2.47. The Hall–Kier alpha value is -2.40. The third-order valence-electron chi connectivity index (χ3n) is 5.66. The molecule has 3 fully saturated rings. The summed E-state index contributed by atoms with van der Waals surface area (Å²) in [6.45, 7) is 0.725. The fourth-order valence-corrected chi connectivity index (χ4v) is 4.20. The lowest BCUT2D eigenvalue weighted by atomic mass is 9.62. The van der Waals surface area contributed by atoms with Crippen molar-refractivity contribution in [1.82, 2.24) is 4.90 Å². The summed E-state index contributed by atoms with van der Waals surface area (Å²) in [5.74, 6) is -0.950. The van der Waals surface area contributed by atoms with Crippen LogP contribution in [0, 0.1) is 5.41 Å². The molecule has 2 saturated heterocycles. The summed E-state index contributed by atoms with van der Waals surface area (Å²) in [5.41, 5.74) is -0.547. The van der Waals surface area contributed by atoms with Gasteiger partial charge < -0.3 is 14.7 Å². The van der Waals surface area contributed by atoms with E-state index in [-0.39, 0.29) is 12.5 Å². The van der Waals surface area contributed by atoms with Crippen molar-refractivity contribution in [3.8, 4) is 0 Å². The van der Waals surface area contributed by atoms with Crippen molar-refractivity contribution in [3.05, 3.63) is 48.0 Å². The summed E-state index contributed by atoms with van der Waals surface area (Å²) in [6.07, 6.45) is 1.35. The van der Waals surface area contributed by atoms with Crippen LogP contribution in [0.25, 0.3) is 10.8 Å². The first kappa shape index (κ1) is 16.1. The molecule has 5 heteroatoms. The first-order chi connectivity index (χ1) is 12.0. The molecule has 1 saturated carbocycles. The monoisotopic (exact) mass is 339 g/mol. The number of fused-ring (bicyclic) bond motifs is 2. The number of benzene rings is 2. The SMILES string of the molecule is CN(CCc1cccc2ccccc12)C(=O)C12CC(C(=O)O)(CO1)C2. The van der Waals surface area contributed by atoms with Crippen LogP contribution in [0.2, 0.25) is 0 Å². The lowest BCUT2D eigenvalue weighted by molar-refractivity contribution is -0.163. The molecule has 5 rings (SSSR count). The predicted molar refractivity (Wildman–Crippen MR) is 93.3 cm³/mol. The lowest BCUT2D eigenvalue weighted by Gasteiger charge is -2.42. The molecule has 2 aliphatic heterocycles. The Kier molecular flexibility index (Phi) is 3.58. The highest BCUT2D eigenvalue weighted by atomic mass is 16.5. The molecule has 25 heavy (non-hydrogen) atoms. The number of carbonyl (C=O) groups excluding carboxylic acids is 1. The molecule has 1 amide bonds. The fourth-order valence-electron chi connectivity index (χ4n) is 4.20. The first-order valence-corrected chi connectivity index (χ1v) is 8.55. The van der Waals surface area contributed by atoms with Gasteiger partial charge in [-0.1, -0.05) is 42.5 Å². The van der Waals surface area contributed by atoms with Crippen LogP contribution in [0.3, 0.4) is 0 Å². The van der Waals surface area contributed by atoms with Crippen molar-refractivity contribution in [1.29, 1.82) is 0 Å². The molecule has 1 N–H and O–H groups in total. The second-order valence-corrected chi connectivity index (χ2v) is 7.34. The molecule has 0 spiro atoms. The number of amides is 1. The summed E-state index contributed by atoms with van der Waals surface area (Å²) in [5, 5.41) is 11.7. The molecular weight excluding hydrogens is 318 g/mol. The molecule has 3 aliphatic rings. The minimum atomic E-state index is -0.911.